The van der Waals surface area contributed by atoms with E-state index in [1.54, 1.807) is 14.2 Å². The van der Waals surface area contributed by atoms with Gasteiger partial charge in [-0.1, -0.05) is 12.8 Å². The molecule has 1 atom stereocenters. The number of hydrogen-bond acceptors (Lipinski definition) is 3. The third-order valence-electron chi connectivity index (χ3n) is 5.34. The van der Waals surface area contributed by atoms with E-state index in [2.05, 4.69) is 10.6 Å². The zero-order chi connectivity index (χ0) is 18.7. The first-order chi connectivity index (χ1) is 12.6. The van der Waals surface area contributed by atoms with Crippen molar-refractivity contribution in [3.8, 4) is 11.5 Å². The normalized spacial score (nSPS) is 17.7. The SMILES string of the molecule is COc1cc(C(=O)N2CCCCC[C@@H]2c2cccn2C)cc(OC)c1C. The minimum Gasteiger partial charge on any atom is -0.496 e. The van der Waals surface area contributed by atoms with Crippen molar-refractivity contribution in [3.05, 3.63) is 47.3 Å². The van der Waals surface area contributed by atoms with Crippen LogP contribution in [0.25, 0.3) is 0 Å². The van der Waals surface area contributed by atoms with Gasteiger partial charge < -0.3 is 18.9 Å². The minimum absolute atomic E-state index is 0.0368. The van der Waals surface area contributed by atoms with Gasteiger partial charge >= 0.3 is 0 Å². The van der Waals surface area contributed by atoms with Gasteiger partial charge in [0, 0.05) is 36.6 Å². The number of likely N-dealkylation sites (tertiary alicyclic amines) is 1. The zero-order valence-electron chi connectivity index (χ0n) is 16.1. The van der Waals surface area contributed by atoms with Crippen LogP contribution in [-0.2, 0) is 7.05 Å². The number of amides is 1. The molecular weight excluding hydrogens is 328 g/mol. The van der Waals surface area contributed by atoms with Crippen molar-refractivity contribution in [3.63, 3.8) is 0 Å². The van der Waals surface area contributed by atoms with Crippen LogP contribution in [0.15, 0.2) is 30.5 Å². The number of carbonyl (C=O) groups is 1. The summed E-state index contributed by atoms with van der Waals surface area (Å²) in [5, 5.41) is 0. The first-order valence-corrected chi connectivity index (χ1v) is 9.21. The van der Waals surface area contributed by atoms with Crippen LogP contribution in [0.3, 0.4) is 0 Å². The molecule has 0 aliphatic carbocycles. The number of carbonyl (C=O) groups excluding carboxylic acids is 1. The van der Waals surface area contributed by atoms with Gasteiger partial charge in [0.2, 0.25) is 0 Å². The van der Waals surface area contributed by atoms with E-state index in [1.807, 2.05) is 43.3 Å². The molecule has 0 bridgehead atoms. The molecule has 5 heteroatoms. The van der Waals surface area contributed by atoms with Crippen molar-refractivity contribution in [1.82, 2.24) is 9.47 Å². The second-order valence-corrected chi connectivity index (χ2v) is 6.91. The topological polar surface area (TPSA) is 43.7 Å². The molecule has 5 nitrogen and oxygen atoms in total. The molecular formula is C21H28N2O3. The average molecular weight is 356 g/mol. The Balaban J connectivity index is 1.99. The van der Waals surface area contributed by atoms with Crippen LogP contribution in [0.4, 0.5) is 0 Å². The molecule has 26 heavy (non-hydrogen) atoms. The summed E-state index contributed by atoms with van der Waals surface area (Å²) in [6, 6.07) is 7.91. The van der Waals surface area contributed by atoms with E-state index in [9.17, 15) is 4.79 Å². The maximum Gasteiger partial charge on any atom is 0.254 e. The molecule has 3 rings (SSSR count). The molecule has 2 aromatic rings. The van der Waals surface area contributed by atoms with E-state index >= 15 is 0 Å². The van der Waals surface area contributed by atoms with Crippen molar-refractivity contribution in [2.24, 2.45) is 7.05 Å². The Morgan fingerprint density at radius 1 is 1.12 bits per heavy atom. The minimum atomic E-state index is 0.0368. The molecule has 1 amide bonds. The second-order valence-electron chi connectivity index (χ2n) is 6.91. The molecule has 0 saturated carbocycles. The Bertz CT molecular complexity index is 756. The maximum absolute atomic E-state index is 13.4. The summed E-state index contributed by atoms with van der Waals surface area (Å²) in [6.45, 7) is 2.71. The third-order valence-corrected chi connectivity index (χ3v) is 5.34. The summed E-state index contributed by atoms with van der Waals surface area (Å²) < 4.78 is 13.0. The fourth-order valence-electron chi connectivity index (χ4n) is 3.85. The van der Waals surface area contributed by atoms with E-state index in [-0.39, 0.29) is 11.9 Å². The highest BCUT2D eigenvalue weighted by Crippen LogP contribution is 2.34. The van der Waals surface area contributed by atoms with E-state index in [4.69, 9.17) is 9.47 Å². The molecule has 0 radical (unpaired) electrons. The number of ether oxygens (including phenoxy) is 2. The standard InChI is InChI=1S/C21H28N2O3/c1-15-19(25-3)13-16(14-20(15)26-4)21(24)23-12-7-5-6-9-18(23)17-10-8-11-22(17)2/h8,10-11,13-14,18H,5-7,9,12H2,1-4H3/t18-/m1/s1. The Hall–Kier alpha value is -2.43. The Kier molecular flexibility index (Phi) is 5.55. The summed E-state index contributed by atoms with van der Waals surface area (Å²) in [7, 11) is 5.28. The molecule has 140 valence electrons. The van der Waals surface area contributed by atoms with Crippen molar-refractivity contribution in [1.29, 1.82) is 0 Å². The maximum atomic E-state index is 13.4. The number of hydrogen-bond donors (Lipinski definition) is 0. The number of aryl methyl sites for hydroxylation is 1. The lowest BCUT2D eigenvalue weighted by molar-refractivity contribution is 0.0673. The summed E-state index contributed by atoms with van der Waals surface area (Å²) >= 11 is 0. The molecule has 1 saturated heterocycles. The predicted molar refractivity (Wildman–Crippen MR) is 102 cm³/mol. The predicted octanol–water partition coefficient (Wildman–Crippen LogP) is 4.11. The lowest BCUT2D eigenvalue weighted by atomic mass is 10.0. The van der Waals surface area contributed by atoms with Crippen LogP contribution in [0.1, 0.15) is 53.3 Å². The quantitative estimate of drug-likeness (QED) is 0.828. The monoisotopic (exact) mass is 356 g/mol. The highest BCUT2D eigenvalue weighted by molar-refractivity contribution is 5.95. The van der Waals surface area contributed by atoms with E-state index in [1.165, 1.54) is 5.69 Å². The zero-order valence-corrected chi connectivity index (χ0v) is 16.1. The first-order valence-electron chi connectivity index (χ1n) is 9.21. The van der Waals surface area contributed by atoms with Gasteiger partial charge in [0.05, 0.1) is 20.3 Å². The van der Waals surface area contributed by atoms with Crippen LogP contribution in [0.5, 0.6) is 11.5 Å². The lowest BCUT2D eigenvalue weighted by Gasteiger charge is -2.31. The summed E-state index contributed by atoms with van der Waals surface area (Å²) in [5.74, 6) is 1.39. The molecule has 1 aromatic carbocycles. The number of benzene rings is 1. The van der Waals surface area contributed by atoms with Gasteiger partial charge in [0.15, 0.2) is 0 Å². The van der Waals surface area contributed by atoms with Gasteiger partial charge in [0.1, 0.15) is 11.5 Å². The molecule has 0 spiro atoms. The smallest absolute Gasteiger partial charge is 0.254 e. The number of methoxy groups -OCH3 is 2. The van der Waals surface area contributed by atoms with E-state index in [0.29, 0.717) is 17.1 Å². The van der Waals surface area contributed by atoms with Crippen LogP contribution >= 0.6 is 0 Å². The highest BCUT2D eigenvalue weighted by Gasteiger charge is 2.29. The Morgan fingerprint density at radius 3 is 2.38 bits per heavy atom. The molecule has 0 N–H and O–H groups in total. The van der Waals surface area contributed by atoms with Crippen molar-refractivity contribution >= 4 is 5.91 Å². The van der Waals surface area contributed by atoms with Crippen molar-refractivity contribution < 1.29 is 14.3 Å². The number of aromatic nitrogens is 1. The largest absolute Gasteiger partial charge is 0.496 e. The van der Waals surface area contributed by atoms with Crippen LogP contribution in [-0.4, -0.2) is 36.1 Å². The Labute approximate surface area is 155 Å². The second kappa shape index (κ2) is 7.85. The van der Waals surface area contributed by atoms with Crippen LogP contribution in [0.2, 0.25) is 0 Å². The average Bonchev–Trinajstić information content (AvgIpc) is 2.93. The fourth-order valence-corrected chi connectivity index (χ4v) is 3.85. The number of nitrogens with zero attached hydrogens (tertiary/aromatic N) is 2. The molecule has 1 aliphatic rings. The fraction of sp³-hybridized carbons (Fsp3) is 0.476. The van der Waals surface area contributed by atoms with E-state index < -0.39 is 0 Å². The van der Waals surface area contributed by atoms with Gasteiger partial charge in [-0.3, -0.25) is 4.79 Å². The molecule has 2 heterocycles. The van der Waals surface area contributed by atoms with Gasteiger partial charge in [0.25, 0.3) is 5.91 Å². The first kappa shape index (κ1) is 18.4. The van der Waals surface area contributed by atoms with Gasteiger partial charge in [-0.05, 0) is 44.0 Å². The molecule has 0 unspecified atom stereocenters. The summed E-state index contributed by atoms with van der Waals surface area (Å²) in [5.41, 5.74) is 2.71. The number of rotatable bonds is 4. The third kappa shape index (κ3) is 3.43. The summed E-state index contributed by atoms with van der Waals surface area (Å²) in [4.78, 5) is 15.4. The van der Waals surface area contributed by atoms with Crippen molar-refractivity contribution in [2.75, 3.05) is 20.8 Å². The van der Waals surface area contributed by atoms with E-state index in [0.717, 1.165) is 37.8 Å². The van der Waals surface area contributed by atoms with Crippen LogP contribution in [0, 0.1) is 6.92 Å². The molecule has 1 fully saturated rings. The summed E-state index contributed by atoms with van der Waals surface area (Å²) in [6.07, 6.45) is 6.36. The van der Waals surface area contributed by atoms with Gasteiger partial charge in [-0.15, -0.1) is 0 Å². The Morgan fingerprint density at radius 2 is 1.81 bits per heavy atom. The van der Waals surface area contributed by atoms with Gasteiger partial charge in [-0.2, -0.15) is 0 Å². The lowest BCUT2D eigenvalue weighted by Crippen LogP contribution is -2.35. The van der Waals surface area contributed by atoms with Crippen LogP contribution < -0.4 is 9.47 Å². The molecule has 1 aromatic heterocycles. The highest BCUT2D eigenvalue weighted by atomic mass is 16.5. The molecule has 1 aliphatic heterocycles. The van der Waals surface area contributed by atoms with Crippen molar-refractivity contribution in [2.45, 2.75) is 38.6 Å². The van der Waals surface area contributed by atoms with Gasteiger partial charge in [-0.25, -0.2) is 0 Å².